The minimum atomic E-state index is -0.000594. The second-order valence-corrected chi connectivity index (χ2v) is 8.78. The lowest BCUT2D eigenvalue weighted by molar-refractivity contribution is 0.0515. The van der Waals surface area contributed by atoms with Crippen molar-refractivity contribution in [3.63, 3.8) is 0 Å². The van der Waals surface area contributed by atoms with E-state index in [2.05, 4.69) is 49.8 Å². The first-order valence-electron chi connectivity index (χ1n) is 10.6. The molecule has 2 fully saturated rings. The van der Waals surface area contributed by atoms with Crippen LogP contribution in [0.1, 0.15) is 37.7 Å². The zero-order valence-corrected chi connectivity index (χ0v) is 18.6. The van der Waals surface area contributed by atoms with Gasteiger partial charge in [0.2, 0.25) is 5.95 Å². The van der Waals surface area contributed by atoms with Crippen LogP contribution in [0, 0.1) is 0 Å². The molecule has 0 radical (unpaired) electrons. The maximum Gasteiger partial charge on any atom is 0.232 e. The molecule has 1 aromatic carbocycles. The van der Waals surface area contributed by atoms with Crippen molar-refractivity contribution in [2.45, 2.75) is 37.5 Å². The number of thiocarbonyl (C=S) groups is 1. The van der Waals surface area contributed by atoms with Gasteiger partial charge in [-0.2, -0.15) is 4.98 Å². The Labute approximate surface area is 188 Å². The van der Waals surface area contributed by atoms with E-state index in [1.54, 1.807) is 0 Å². The molecular formula is C22H28ClN5OS. The zero-order valence-electron chi connectivity index (χ0n) is 17.1. The lowest BCUT2D eigenvalue weighted by atomic mass is 9.74. The van der Waals surface area contributed by atoms with Crippen molar-refractivity contribution in [1.29, 1.82) is 0 Å². The second-order valence-electron chi connectivity index (χ2n) is 7.99. The number of benzene rings is 1. The van der Waals surface area contributed by atoms with Crippen molar-refractivity contribution in [2.75, 3.05) is 43.1 Å². The van der Waals surface area contributed by atoms with Crippen LogP contribution in [0.25, 0.3) is 0 Å². The van der Waals surface area contributed by atoms with E-state index in [1.165, 1.54) is 24.8 Å². The summed E-state index contributed by atoms with van der Waals surface area (Å²) in [6.45, 7) is 4.24. The molecular weight excluding hydrogens is 418 g/mol. The molecule has 0 aliphatic carbocycles. The van der Waals surface area contributed by atoms with Crippen LogP contribution >= 0.6 is 23.8 Å². The summed E-state index contributed by atoms with van der Waals surface area (Å²) in [5, 5.41) is 7.43. The van der Waals surface area contributed by atoms with Gasteiger partial charge in [-0.15, -0.1) is 0 Å². The van der Waals surface area contributed by atoms with Gasteiger partial charge in [0.25, 0.3) is 0 Å². The summed E-state index contributed by atoms with van der Waals surface area (Å²) in [6.07, 6.45) is 5.53. The quantitative estimate of drug-likeness (QED) is 0.529. The van der Waals surface area contributed by atoms with E-state index in [-0.39, 0.29) is 5.41 Å². The van der Waals surface area contributed by atoms with E-state index in [4.69, 9.17) is 28.6 Å². The van der Waals surface area contributed by atoms with Gasteiger partial charge in [0.15, 0.2) is 5.11 Å². The van der Waals surface area contributed by atoms with Gasteiger partial charge >= 0.3 is 0 Å². The van der Waals surface area contributed by atoms with Crippen LogP contribution in [0.4, 0.5) is 11.8 Å². The fourth-order valence-electron chi connectivity index (χ4n) is 4.26. The summed E-state index contributed by atoms with van der Waals surface area (Å²) in [5.74, 6) is 1.28. The summed E-state index contributed by atoms with van der Waals surface area (Å²) in [7, 11) is 0. The molecule has 2 aromatic rings. The van der Waals surface area contributed by atoms with Gasteiger partial charge in [0, 0.05) is 44.3 Å². The average molecular weight is 446 g/mol. The number of nitrogens with one attached hydrogen (secondary N) is 2. The normalized spacial score (nSPS) is 18.6. The van der Waals surface area contributed by atoms with Crippen molar-refractivity contribution in [3.8, 4) is 0 Å². The predicted octanol–water partition coefficient (Wildman–Crippen LogP) is 4.16. The third-order valence-electron chi connectivity index (χ3n) is 6.01. The van der Waals surface area contributed by atoms with Crippen molar-refractivity contribution in [3.05, 3.63) is 47.1 Å². The molecule has 160 valence electrons. The van der Waals surface area contributed by atoms with Gasteiger partial charge in [-0.05, 0) is 49.9 Å². The number of aromatic nitrogens is 2. The first-order chi connectivity index (χ1) is 14.6. The van der Waals surface area contributed by atoms with E-state index in [9.17, 15) is 0 Å². The number of hydrogen-bond acceptors (Lipinski definition) is 5. The van der Waals surface area contributed by atoms with Gasteiger partial charge in [0.05, 0.1) is 0 Å². The van der Waals surface area contributed by atoms with Crippen molar-refractivity contribution in [1.82, 2.24) is 15.3 Å². The van der Waals surface area contributed by atoms with Gasteiger partial charge < -0.3 is 20.3 Å². The van der Waals surface area contributed by atoms with Crippen molar-refractivity contribution < 1.29 is 4.74 Å². The van der Waals surface area contributed by atoms with Crippen LogP contribution in [0.15, 0.2) is 36.4 Å². The van der Waals surface area contributed by atoms with Gasteiger partial charge in [-0.25, -0.2) is 4.98 Å². The lowest BCUT2D eigenvalue weighted by Crippen LogP contribution is -2.45. The predicted molar refractivity (Wildman–Crippen MR) is 126 cm³/mol. The van der Waals surface area contributed by atoms with Gasteiger partial charge in [-0.1, -0.05) is 41.9 Å². The summed E-state index contributed by atoms with van der Waals surface area (Å²) >= 11 is 11.8. The highest BCUT2D eigenvalue weighted by Gasteiger charge is 2.34. The Kier molecular flexibility index (Phi) is 7.02. The Morgan fingerprint density at radius 1 is 1.10 bits per heavy atom. The Morgan fingerprint density at radius 2 is 1.83 bits per heavy atom. The zero-order chi connectivity index (χ0) is 20.8. The third-order valence-corrected chi connectivity index (χ3v) is 6.45. The van der Waals surface area contributed by atoms with Crippen LogP contribution in [0.2, 0.25) is 5.15 Å². The summed E-state index contributed by atoms with van der Waals surface area (Å²) < 4.78 is 5.62. The number of nitrogens with zero attached hydrogens (tertiary/aromatic N) is 3. The summed E-state index contributed by atoms with van der Waals surface area (Å²) in [6, 6.07) is 12.4. The van der Waals surface area contributed by atoms with Crippen LogP contribution < -0.4 is 15.5 Å². The molecule has 0 atom stereocenters. The third kappa shape index (κ3) is 5.20. The maximum atomic E-state index is 6.26. The molecule has 0 bridgehead atoms. The second kappa shape index (κ2) is 9.90. The number of halogens is 1. The monoisotopic (exact) mass is 445 g/mol. The largest absolute Gasteiger partial charge is 0.381 e. The maximum absolute atomic E-state index is 6.26. The molecule has 2 saturated heterocycles. The summed E-state index contributed by atoms with van der Waals surface area (Å²) in [4.78, 5) is 11.2. The first kappa shape index (κ1) is 21.3. The molecule has 2 N–H and O–H groups in total. The van der Waals surface area contributed by atoms with Crippen molar-refractivity contribution >= 4 is 40.7 Å². The Hall–Kier alpha value is -1.96. The van der Waals surface area contributed by atoms with E-state index in [0.29, 0.717) is 16.2 Å². The minimum absolute atomic E-state index is 0.000594. The number of rotatable bonds is 5. The van der Waals surface area contributed by atoms with E-state index in [1.807, 2.05) is 12.1 Å². The lowest BCUT2D eigenvalue weighted by Gasteiger charge is -2.38. The fourth-order valence-corrected chi connectivity index (χ4v) is 4.60. The molecule has 0 unspecified atom stereocenters. The van der Waals surface area contributed by atoms with Crippen LogP contribution in [-0.2, 0) is 10.2 Å². The highest BCUT2D eigenvalue weighted by Crippen LogP contribution is 2.34. The molecule has 0 spiro atoms. The summed E-state index contributed by atoms with van der Waals surface area (Å²) in [5.41, 5.74) is 1.31. The Morgan fingerprint density at radius 3 is 2.57 bits per heavy atom. The number of hydrogen-bond donors (Lipinski definition) is 2. The number of anilines is 2. The Balaban J connectivity index is 1.42. The van der Waals surface area contributed by atoms with Crippen LogP contribution in [0.5, 0.6) is 0 Å². The smallest absolute Gasteiger partial charge is 0.232 e. The molecule has 30 heavy (non-hydrogen) atoms. The molecule has 1 aromatic heterocycles. The topological polar surface area (TPSA) is 62.3 Å². The number of piperidine rings is 1. The highest BCUT2D eigenvalue weighted by atomic mass is 35.5. The molecule has 0 amide bonds. The highest BCUT2D eigenvalue weighted by molar-refractivity contribution is 7.80. The van der Waals surface area contributed by atoms with E-state index in [0.717, 1.165) is 51.5 Å². The molecule has 2 aliphatic heterocycles. The molecule has 4 rings (SSSR count). The fraction of sp³-hybridized carbons (Fsp3) is 0.500. The molecule has 6 nitrogen and oxygen atoms in total. The molecule has 2 aliphatic rings. The molecule has 8 heteroatoms. The van der Waals surface area contributed by atoms with Gasteiger partial charge in [0.1, 0.15) is 11.0 Å². The SMILES string of the molecule is S=C(NCC1(c2ccccc2)CCOCC1)Nc1nc(Cl)cc(N2CCCCC2)n1. The van der Waals surface area contributed by atoms with Gasteiger partial charge in [-0.3, -0.25) is 0 Å². The molecule has 3 heterocycles. The van der Waals surface area contributed by atoms with E-state index >= 15 is 0 Å². The Bertz CT molecular complexity index is 854. The average Bonchev–Trinajstić information content (AvgIpc) is 2.79. The van der Waals surface area contributed by atoms with Crippen LogP contribution in [-0.4, -0.2) is 47.9 Å². The van der Waals surface area contributed by atoms with Crippen LogP contribution in [0.3, 0.4) is 0 Å². The standard InChI is InChI=1S/C22H28ClN5OS/c23-18-15-19(28-11-5-2-6-12-28)26-20(25-18)27-21(30)24-16-22(9-13-29-14-10-22)17-7-3-1-4-8-17/h1,3-4,7-8,15H,2,5-6,9-14,16H2,(H2,24,25,26,27,30). The first-order valence-corrected chi connectivity index (χ1v) is 11.4. The number of ether oxygens (including phenoxy) is 1. The molecule has 0 saturated carbocycles. The van der Waals surface area contributed by atoms with E-state index < -0.39 is 0 Å². The minimum Gasteiger partial charge on any atom is -0.381 e. The van der Waals surface area contributed by atoms with Crippen molar-refractivity contribution in [2.24, 2.45) is 0 Å².